The average molecular weight is 491 g/mol. The highest BCUT2D eigenvalue weighted by Crippen LogP contribution is 2.54. The first-order chi connectivity index (χ1) is 17.1. The Labute approximate surface area is 207 Å². The Morgan fingerprint density at radius 2 is 1.75 bits per heavy atom. The molecule has 186 valence electrons. The number of rotatable bonds is 5. The van der Waals surface area contributed by atoms with E-state index >= 15 is 0 Å². The molecule has 10 heteroatoms. The SMILES string of the molecule is CCOC(=O)c1ccc(N2C(=O)[C@H]3[C@H](CC(N)=O)N[C@]4(C(=O)Nc5c4ccc(C)c5C)[C@@H]3C2=O)cc1. The lowest BCUT2D eigenvalue weighted by Gasteiger charge is -2.29. The fourth-order valence-corrected chi connectivity index (χ4v) is 5.73. The van der Waals surface area contributed by atoms with E-state index in [0.29, 0.717) is 11.3 Å². The average Bonchev–Trinajstić information content (AvgIpc) is 3.41. The number of aryl methyl sites for hydroxylation is 1. The zero-order valence-corrected chi connectivity index (χ0v) is 20.1. The second kappa shape index (κ2) is 8.27. The number of nitrogens with two attached hydrogens (primary N) is 1. The molecule has 3 aliphatic heterocycles. The number of esters is 1. The van der Waals surface area contributed by atoms with Crippen molar-refractivity contribution in [2.75, 3.05) is 16.8 Å². The van der Waals surface area contributed by atoms with Crippen LogP contribution in [0.3, 0.4) is 0 Å². The van der Waals surface area contributed by atoms with E-state index in [2.05, 4.69) is 10.6 Å². The molecule has 0 saturated carbocycles. The van der Waals surface area contributed by atoms with Crippen LogP contribution in [0.25, 0.3) is 0 Å². The van der Waals surface area contributed by atoms with Crippen LogP contribution in [0.1, 0.15) is 40.4 Å². The summed E-state index contributed by atoms with van der Waals surface area (Å²) in [6.07, 6.45) is -0.217. The van der Waals surface area contributed by atoms with Crippen LogP contribution in [-0.2, 0) is 29.5 Å². The zero-order chi connectivity index (χ0) is 25.9. The van der Waals surface area contributed by atoms with Crippen LogP contribution >= 0.6 is 0 Å². The van der Waals surface area contributed by atoms with E-state index < -0.39 is 53.0 Å². The highest BCUT2D eigenvalue weighted by atomic mass is 16.5. The second-order valence-electron chi connectivity index (χ2n) is 9.40. The molecule has 2 aromatic carbocycles. The van der Waals surface area contributed by atoms with Gasteiger partial charge in [0, 0.05) is 23.7 Å². The Kier molecular flexibility index (Phi) is 5.44. The maximum atomic E-state index is 13.9. The van der Waals surface area contributed by atoms with Gasteiger partial charge in [-0.15, -0.1) is 0 Å². The van der Waals surface area contributed by atoms with Crippen LogP contribution in [-0.4, -0.2) is 42.2 Å². The molecule has 4 atom stereocenters. The van der Waals surface area contributed by atoms with Gasteiger partial charge < -0.3 is 15.8 Å². The maximum Gasteiger partial charge on any atom is 0.338 e. The molecule has 0 bridgehead atoms. The third-order valence-corrected chi connectivity index (χ3v) is 7.48. The van der Waals surface area contributed by atoms with E-state index in [-0.39, 0.29) is 24.3 Å². The lowest BCUT2D eigenvalue weighted by molar-refractivity contribution is -0.130. The van der Waals surface area contributed by atoms with Crippen molar-refractivity contribution in [2.45, 2.75) is 38.8 Å². The van der Waals surface area contributed by atoms with E-state index in [4.69, 9.17) is 10.5 Å². The number of nitrogens with one attached hydrogen (secondary N) is 2. The molecule has 4 amide bonds. The number of benzene rings is 2. The molecule has 4 N–H and O–H groups in total. The molecule has 2 aromatic rings. The number of nitrogens with zero attached hydrogens (tertiary/aromatic N) is 1. The van der Waals surface area contributed by atoms with Crippen molar-refractivity contribution in [1.29, 1.82) is 0 Å². The monoisotopic (exact) mass is 490 g/mol. The molecule has 0 radical (unpaired) electrons. The fraction of sp³-hybridized carbons (Fsp3) is 0.346. The van der Waals surface area contributed by atoms with Crippen molar-refractivity contribution < 1.29 is 28.7 Å². The molecule has 0 aliphatic carbocycles. The molecular weight excluding hydrogens is 464 g/mol. The van der Waals surface area contributed by atoms with Crippen molar-refractivity contribution in [3.8, 4) is 0 Å². The topological polar surface area (TPSA) is 148 Å². The smallest absolute Gasteiger partial charge is 0.338 e. The van der Waals surface area contributed by atoms with Crippen molar-refractivity contribution in [3.63, 3.8) is 0 Å². The summed E-state index contributed by atoms with van der Waals surface area (Å²) < 4.78 is 4.99. The van der Waals surface area contributed by atoms with Gasteiger partial charge in [-0.25, -0.2) is 9.69 Å². The molecule has 10 nitrogen and oxygen atoms in total. The molecule has 0 unspecified atom stereocenters. The van der Waals surface area contributed by atoms with Gasteiger partial charge >= 0.3 is 5.97 Å². The van der Waals surface area contributed by atoms with Gasteiger partial charge in [-0.1, -0.05) is 12.1 Å². The number of hydrogen-bond acceptors (Lipinski definition) is 7. The summed E-state index contributed by atoms with van der Waals surface area (Å²) in [4.78, 5) is 66.1. The number of imide groups is 1. The van der Waals surface area contributed by atoms with Gasteiger partial charge in [-0.05, 0) is 56.2 Å². The Morgan fingerprint density at radius 3 is 2.39 bits per heavy atom. The Bertz CT molecular complexity index is 1340. The summed E-state index contributed by atoms with van der Waals surface area (Å²) in [7, 11) is 0. The van der Waals surface area contributed by atoms with Crippen LogP contribution in [0.2, 0.25) is 0 Å². The van der Waals surface area contributed by atoms with Crippen LogP contribution in [0, 0.1) is 25.7 Å². The van der Waals surface area contributed by atoms with Crippen molar-refractivity contribution in [3.05, 3.63) is 58.7 Å². The predicted octanol–water partition coefficient (Wildman–Crippen LogP) is 1.28. The van der Waals surface area contributed by atoms with Crippen LogP contribution in [0.4, 0.5) is 11.4 Å². The van der Waals surface area contributed by atoms with Gasteiger partial charge in [0.05, 0.1) is 29.7 Å². The third-order valence-electron chi connectivity index (χ3n) is 7.48. The summed E-state index contributed by atoms with van der Waals surface area (Å²) in [6.45, 7) is 5.70. The van der Waals surface area contributed by atoms with Crippen molar-refractivity contribution in [1.82, 2.24) is 5.32 Å². The van der Waals surface area contributed by atoms with Gasteiger partial charge in [-0.2, -0.15) is 0 Å². The largest absolute Gasteiger partial charge is 0.462 e. The first-order valence-corrected chi connectivity index (χ1v) is 11.7. The van der Waals surface area contributed by atoms with Gasteiger partial charge in [-0.3, -0.25) is 24.5 Å². The molecule has 5 rings (SSSR count). The highest BCUT2D eigenvalue weighted by molar-refractivity contribution is 6.26. The molecular formula is C26H26N4O6. The van der Waals surface area contributed by atoms with E-state index in [1.165, 1.54) is 24.3 Å². The standard InChI is InChI=1S/C26H26N4O6/c1-4-36-24(34)14-6-8-15(9-7-14)30-22(32)19-17(11-18(27)31)29-26(20(19)23(30)33)16-10-5-12(2)13(3)21(16)28-25(26)35/h5-10,17,19-20,29H,4,11H2,1-3H3,(H2,27,31)(H,28,35)/t17-,19-,20-,26-/m0/s1. The van der Waals surface area contributed by atoms with Gasteiger partial charge in [0.15, 0.2) is 0 Å². The first kappa shape index (κ1) is 23.7. The summed E-state index contributed by atoms with van der Waals surface area (Å²) in [5.41, 5.74) is 7.49. The minimum absolute atomic E-state index is 0.214. The number of fused-ring (bicyclic) bond motifs is 4. The van der Waals surface area contributed by atoms with Crippen LogP contribution < -0.4 is 21.3 Å². The molecule has 2 fully saturated rings. The van der Waals surface area contributed by atoms with E-state index in [1.54, 1.807) is 13.0 Å². The number of carbonyl (C=O) groups is 5. The number of amides is 4. The normalized spacial score (nSPS) is 26.2. The first-order valence-electron chi connectivity index (χ1n) is 11.7. The summed E-state index contributed by atoms with van der Waals surface area (Å²) in [5, 5.41) is 6.08. The summed E-state index contributed by atoms with van der Waals surface area (Å²) in [5.74, 6) is -4.78. The van der Waals surface area contributed by atoms with Gasteiger partial charge in [0.2, 0.25) is 23.6 Å². The number of primary amides is 1. The summed E-state index contributed by atoms with van der Waals surface area (Å²) >= 11 is 0. The fourth-order valence-electron chi connectivity index (χ4n) is 5.73. The van der Waals surface area contributed by atoms with Crippen molar-refractivity contribution >= 4 is 41.0 Å². The lowest BCUT2D eigenvalue weighted by atomic mass is 9.76. The minimum Gasteiger partial charge on any atom is -0.462 e. The predicted molar refractivity (Wildman–Crippen MR) is 129 cm³/mol. The lowest BCUT2D eigenvalue weighted by Crippen LogP contribution is -2.53. The number of anilines is 2. The molecule has 3 aliphatic rings. The molecule has 1 spiro atoms. The number of ether oxygens (including phenoxy) is 1. The second-order valence-corrected chi connectivity index (χ2v) is 9.40. The van der Waals surface area contributed by atoms with E-state index in [1.807, 2.05) is 19.9 Å². The van der Waals surface area contributed by atoms with Gasteiger partial charge in [0.25, 0.3) is 0 Å². The molecule has 0 aromatic heterocycles. The number of carbonyl (C=O) groups excluding carboxylic acids is 5. The highest BCUT2D eigenvalue weighted by Gasteiger charge is 2.70. The van der Waals surface area contributed by atoms with E-state index in [9.17, 15) is 24.0 Å². The Hall–Kier alpha value is -4.05. The van der Waals surface area contributed by atoms with Gasteiger partial charge in [0.1, 0.15) is 5.54 Å². The maximum absolute atomic E-state index is 13.9. The molecule has 2 saturated heterocycles. The minimum atomic E-state index is -1.52. The number of hydrogen-bond donors (Lipinski definition) is 3. The quantitative estimate of drug-likeness (QED) is 0.422. The Morgan fingerprint density at radius 1 is 1.06 bits per heavy atom. The van der Waals surface area contributed by atoms with Crippen molar-refractivity contribution in [2.24, 2.45) is 17.6 Å². The summed E-state index contributed by atoms with van der Waals surface area (Å²) in [6, 6.07) is 8.75. The van der Waals surface area contributed by atoms with Crippen LogP contribution in [0.15, 0.2) is 36.4 Å². The zero-order valence-electron chi connectivity index (χ0n) is 20.1. The van der Waals surface area contributed by atoms with Crippen LogP contribution in [0.5, 0.6) is 0 Å². The third kappa shape index (κ3) is 3.17. The van der Waals surface area contributed by atoms with E-state index in [0.717, 1.165) is 16.0 Å². The molecule has 3 heterocycles. The Balaban J connectivity index is 1.60. The molecule has 36 heavy (non-hydrogen) atoms.